The van der Waals surface area contributed by atoms with Gasteiger partial charge in [-0.25, -0.2) is 0 Å². The molecular weight excluding hydrogens is 773 g/mol. The number of amides is 2. The Morgan fingerprint density at radius 1 is 0.629 bits per heavy atom. The SMILES string of the molecule is Nc1ccccc1NC(=O)CCCCCCC(=O)NCc1ccccc1-c1ccc([C@H]2O[C@@H](CN(Cc3ccccc3)Cc3ccccc3)C[C@@H](c3ccc(CO)cc3)O2)cc1. The number of anilines is 2. The quantitative estimate of drug-likeness (QED) is 0.0446. The number of unbranched alkanes of at least 4 members (excludes halogenated alkanes) is 3. The molecule has 3 atom stereocenters. The Balaban J connectivity index is 0.961. The van der Waals surface area contributed by atoms with Crippen LogP contribution in [0.5, 0.6) is 0 Å². The summed E-state index contributed by atoms with van der Waals surface area (Å²) in [6, 6.07) is 52.9. The molecule has 62 heavy (non-hydrogen) atoms. The van der Waals surface area contributed by atoms with Gasteiger partial charge in [0, 0.05) is 51.0 Å². The fourth-order valence-corrected chi connectivity index (χ4v) is 8.00. The van der Waals surface area contributed by atoms with Crippen molar-refractivity contribution in [3.05, 3.63) is 191 Å². The van der Waals surface area contributed by atoms with Crippen molar-refractivity contribution in [1.82, 2.24) is 10.2 Å². The molecule has 1 aliphatic heterocycles. The van der Waals surface area contributed by atoms with Gasteiger partial charge in [0.15, 0.2) is 6.29 Å². The molecule has 6 aromatic rings. The van der Waals surface area contributed by atoms with E-state index in [1.165, 1.54) is 11.1 Å². The minimum Gasteiger partial charge on any atom is -0.397 e. The molecule has 1 aliphatic rings. The van der Waals surface area contributed by atoms with Gasteiger partial charge in [0.05, 0.1) is 30.2 Å². The third-order valence-electron chi connectivity index (χ3n) is 11.4. The third kappa shape index (κ3) is 13.0. The predicted molar refractivity (Wildman–Crippen MR) is 246 cm³/mol. The first kappa shape index (κ1) is 44.0. The average Bonchev–Trinajstić information content (AvgIpc) is 3.31. The zero-order chi connectivity index (χ0) is 42.9. The maximum Gasteiger partial charge on any atom is 0.224 e. The first-order valence-electron chi connectivity index (χ1n) is 21.8. The maximum atomic E-state index is 12.9. The molecule has 320 valence electrons. The van der Waals surface area contributed by atoms with Crippen molar-refractivity contribution in [3.8, 4) is 11.1 Å². The van der Waals surface area contributed by atoms with Gasteiger partial charge < -0.3 is 30.9 Å². The van der Waals surface area contributed by atoms with Crippen molar-refractivity contribution in [2.45, 2.75) is 89.7 Å². The standard InChI is InChI=1S/C53H58N4O5/c54-48-21-13-14-22-49(48)56-52(60)24-10-2-1-9-23-51(59)55-34-45-19-11-12-20-47(45)42-29-31-44(32-30-42)53-61-46(33-50(62-53)43-27-25-41(38-58)26-28-43)37-57(35-39-15-5-3-6-16-39)36-40-17-7-4-8-18-40/h3-8,11-22,25-32,46,50,53,58H,1-2,9-10,23-24,33-38,54H2,(H,55,59)(H,56,60)/t46-,50+,53+/m1/s1. The maximum absolute atomic E-state index is 12.9. The van der Waals surface area contributed by atoms with Crippen LogP contribution in [0.4, 0.5) is 11.4 Å². The first-order valence-corrected chi connectivity index (χ1v) is 21.8. The monoisotopic (exact) mass is 830 g/mol. The summed E-state index contributed by atoms with van der Waals surface area (Å²) >= 11 is 0. The van der Waals surface area contributed by atoms with E-state index < -0.39 is 6.29 Å². The molecule has 1 saturated heterocycles. The van der Waals surface area contributed by atoms with E-state index in [1.807, 2.05) is 60.7 Å². The molecule has 0 radical (unpaired) electrons. The van der Waals surface area contributed by atoms with Crippen molar-refractivity contribution in [3.63, 3.8) is 0 Å². The molecule has 7 rings (SSSR count). The summed E-state index contributed by atoms with van der Waals surface area (Å²) in [6.45, 7) is 2.72. The Kier molecular flexibility index (Phi) is 16.1. The molecule has 1 fully saturated rings. The van der Waals surface area contributed by atoms with E-state index in [0.29, 0.717) is 37.2 Å². The molecule has 6 aromatic carbocycles. The van der Waals surface area contributed by atoms with Crippen LogP contribution in [0.15, 0.2) is 158 Å². The Bertz CT molecular complexity index is 2260. The molecule has 9 heteroatoms. The highest BCUT2D eigenvalue weighted by molar-refractivity contribution is 5.93. The molecule has 0 saturated carbocycles. The van der Waals surface area contributed by atoms with E-state index in [9.17, 15) is 14.7 Å². The van der Waals surface area contributed by atoms with Crippen LogP contribution in [-0.2, 0) is 45.3 Å². The van der Waals surface area contributed by atoms with Crippen molar-refractivity contribution in [2.24, 2.45) is 0 Å². The van der Waals surface area contributed by atoms with Crippen molar-refractivity contribution < 1.29 is 24.2 Å². The molecular formula is C53H58N4O5. The van der Waals surface area contributed by atoms with E-state index in [-0.39, 0.29) is 30.6 Å². The van der Waals surface area contributed by atoms with Crippen molar-refractivity contribution in [1.29, 1.82) is 0 Å². The molecule has 9 nitrogen and oxygen atoms in total. The summed E-state index contributed by atoms with van der Waals surface area (Å²) in [7, 11) is 0. The number of hydrogen-bond acceptors (Lipinski definition) is 7. The van der Waals surface area contributed by atoms with Gasteiger partial charge in [-0.3, -0.25) is 14.5 Å². The number of para-hydroxylation sites is 2. The minimum atomic E-state index is -0.582. The van der Waals surface area contributed by atoms with Crippen LogP contribution in [0.25, 0.3) is 11.1 Å². The number of ether oxygens (including phenoxy) is 2. The van der Waals surface area contributed by atoms with Gasteiger partial charge in [-0.05, 0) is 63.9 Å². The van der Waals surface area contributed by atoms with Gasteiger partial charge in [0.25, 0.3) is 0 Å². The second kappa shape index (κ2) is 22.7. The van der Waals surface area contributed by atoms with E-state index in [2.05, 4.69) is 100 Å². The molecule has 5 N–H and O–H groups in total. The van der Waals surface area contributed by atoms with E-state index in [1.54, 1.807) is 12.1 Å². The van der Waals surface area contributed by atoms with Crippen molar-refractivity contribution >= 4 is 23.2 Å². The van der Waals surface area contributed by atoms with Crippen LogP contribution in [0.1, 0.15) is 90.7 Å². The van der Waals surface area contributed by atoms with E-state index in [4.69, 9.17) is 15.2 Å². The first-order chi connectivity index (χ1) is 30.4. The Hall–Kier alpha value is -6.10. The Morgan fingerprint density at radius 3 is 1.89 bits per heavy atom. The lowest BCUT2D eigenvalue weighted by Gasteiger charge is -2.38. The fourth-order valence-electron chi connectivity index (χ4n) is 8.00. The van der Waals surface area contributed by atoms with Crippen LogP contribution in [-0.4, -0.2) is 34.5 Å². The molecule has 0 aromatic heterocycles. The summed E-state index contributed by atoms with van der Waals surface area (Å²) in [5.41, 5.74) is 15.6. The summed E-state index contributed by atoms with van der Waals surface area (Å²) in [5.74, 6) is -0.0370. The van der Waals surface area contributed by atoms with Gasteiger partial charge in [-0.2, -0.15) is 0 Å². The molecule has 0 spiro atoms. The van der Waals surface area contributed by atoms with Crippen LogP contribution in [0, 0.1) is 0 Å². The summed E-state index contributed by atoms with van der Waals surface area (Å²) in [4.78, 5) is 27.6. The van der Waals surface area contributed by atoms with Crippen LogP contribution in [0.2, 0.25) is 0 Å². The normalized spacial score (nSPS) is 16.2. The number of aliphatic hydroxyl groups is 1. The number of nitrogen functional groups attached to an aromatic ring is 1. The zero-order valence-electron chi connectivity index (χ0n) is 35.3. The Labute approximate surface area is 365 Å². The summed E-state index contributed by atoms with van der Waals surface area (Å²) in [5, 5.41) is 15.7. The van der Waals surface area contributed by atoms with Gasteiger partial charge in [-0.15, -0.1) is 0 Å². The highest BCUT2D eigenvalue weighted by Crippen LogP contribution is 2.39. The Morgan fingerprint density at radius 2 is 1.23 bits per heavy atom. The second-order valence-corrected chi connectivity index (χ2v) is 16.1. The molecule has 1 heterocycles. The summed E-state index contributed by atoms with van der Waals surface area (Å²) < 4.78 is 13.6. The van der Waals surface area contributed by atoms with E-state index in [0.717, 1.165) is 78.7 Å². The number of carbonyl (C=O) groups excluding carboxylic acids is 2. The van der Waals surface area contributed by atoms with Crippen molar-refractivity contribution in [2.75, 3.05) is 17.6 Å². The number of rotatable bonds is 20. The van der Waals surface area contributed by atoms with Gasteiger partial charge in [0.1, 0.15) is 0 Å². The number of benzene rings is 6. The number of nitrogens with zero attached hydrogens (tertiary/aromatic N) is 1. The molecule has 2 amide bonds. The molecule has 0 unspecified atom stereocenters. The van der Waals surface area contributed by atoms with Gasteiger partial charge >= 0.3 is 0 Å². The lowest BCUT2D eigenvalue weighted by Crippen LogP contribution is -2.39. The second-order valence-electron chi connectivity index (χ2n) is 16.1. The van der Waals surface area contributed by atoms with Gasteiger partial charge in [0.2, 0.25) is 11.8 Å². The van der Waals surface area contributed by atoms with Gasteiger partial charge in [-0.1, -0.05) is 158 Å². The number of aliphatic hydroxyl groups excluding tert-OH is 1. The lowest BCUT2D eigenvalue weighted by molar-refractivity contribution is -0.253. The number of carbonyl (C=O) groups is 2. The summed E-state index contributed by atoms with van der Waals surface area (Å²) in [6.07, 6.45) is 3.94. The topological polar surface area (TPSA) is 126 Å². The predicted octanol–water partition coefficient (Wildman–Crippen LogP) is 10.3. The number of hydrogen-bond donors (Lipinski definition) is 4. The average molecular weight is 831 g/mol. The molecule has 0 aliphatic carbocycles. The smallest absolute Gasteiger partial charge is 0.224 e. The fraction of sp³-hybridized carbons (Fsp3) is 0.283. The highest BCUT2D eigenvalue weighted by Gasteiger charge is 2.33. The molecule has 0 bridgehead atoms. The number of nitrogens with two attached hydrogens (primary N) is 1. The highest BCUT2D eigenvalue weighted by atomic mass is 16.7. The largest absolute Gasteiger partial charge is 0.397 e. The zero-order valence-corrected chi connectivity index (χ0v) is 35.3. The minimum absolute atomic E-state index is 0.00704. The van der Waals surface area contributed by atoms with Crippen LogP contribution >= 0.6 is 0 Å². The lowest BCUT2D eigenvalue weighted by atomic mass is 9.97. The number of nitrogens with one attached hydrogen (secondary N) is 2. The van der Waals surface area contributed by atoms with E-state index >= 15 is 0 Å². The van der Waals surface area contributed by atoms with Crippen LogP contribution in [0.3, 0.4) is 0 Å². The van der Waals surface area contributed by atoms with Crippen LogP contribution < -0.4 is 16.4 Å². The third-order valence-corrected chi connectivity index (χ3v) is 11.4.